The molecule has 0 fully saturated rings. The van der Waals surface area contributed by atoms with E-state index in [0.29, 0.717) is 28.9 Å². The molecule has 0 unspecified atom stereocenters. The lowest BCUT2D eigenvalue weighted by atomic mass is 10.1. The fraction of sp³-hybridized carbons (Fsp3) is 0.259. The van der Waals surface area contributed by atoms with E-state index in [-0.39, 0.29) is 26.2 Å². The second kappa shape index (κ2) is 10.6. The molecule has 1 aliphatic heterocycles. The Hall–Kier alpha value is -4.25. The van der Waals surface area contributed by atoms with Gasteiger partial charge in [0.25, 0.3) is 5.56 Å². The summed E-state index contributed by atoms with van der Waals surface area (Å²) in [7, 11) is 0. The molecule has 0 bridgehead atoms. The molecule has 2 aromatic carbocycles. The third-order valence-electron chi connectivity index (χ3n) is 6.34. The molecule has 0 spiro atoms. The molecule has 1 N–H and O–H groups in total. The van der Waals surface area contributed by atoms with Gasteiger partial charge < -0.3 is 15.0 Å². The maximum atomic E-state index is 13.7. The van der Waals surface area contributed by atoms with E-state index in [4.69, 9.17) is 4.74 Å². The van der Waals surface area contributed by atoms with E-state index in [1.807, 2.05) is 30.3 Å². The molecular formula is C27H25FN4O5S. The molecule has 2 aromatic heterocycles. The highest BCUT2D eigenvalue weighted by atomic mass is 32.1. The van der Waals surface area contributed by atoms with Gasteiger partial charge in [-0.2, -0.15) is 0 Å². The number of amides is 2. The molecule has 4 aromatic rings. The van der Waals surface area contributed by atoms with Gasteiger partial charge in [0.15, 0.2) is 0 Å². The molecular weight excluding hydrogens is 511 g/mol. The molecule has 38 heavy (non-hydrogen) atoms. The number of carbonyl (C=O) groups is 2. The van der Waals surface area contributed by atoms with Crippen LogP contribution in [0.1, 0.15) is 22.9 Å². The molecule has 3 heterocycles. The van der Waals surface area contributed by atoms with E-state index in [0.717, 1.165) is 20.6 Å². The number of halogens is 1. The van der Waals surface area contributed by atoms with Gasteiger partial charge in [0.1, 0.15) is 17.2 Å². The molecule has 2 amide bonds. The number of anilines is 1. The number of thiophene rings is 1. The second-order valence-corrected chi connectivity index (χ2v) is 9.94. The summed E-state index contributed by atoms with van der Waals surface area (Å²) in [4.78, 5) is 55.3. The highest BCUT2D eigenvalue weighted by molar-refractivity contribution is 7.18. The zero-order valence-electron chi connectivity index (χ0n) is 20.6. The Kier molecular flexibility index (Phi) is 7.10. The van der Waals surface area contributed by atoms with Crippen molar-refractivity contribution in [3.8, 4) is 0 Å². The van der Waals surface area contributed by atoms with Crippen LogP contribution in [-0.4, -0.2) is 39.2 Å². The van der Waals surface area contributed by atoms with Crippen LogP contribution in [0, 0.1) is 5.82 Å². The molecule has 0 radical (unpaired) electrons. The first kappa shape index (κ1) is 25.4. The van der Waals surface area contributed by atoms with Gasteiger partial charge in [-0.1, -0.05) is 30.3 Å². The first-order valence-corrected chi connectivity index (χ1v) is 13.0. The third-order valence-corrected chi connectivity index (χ3v) is 7.58. The number of carbonyl (C=O) groups excluding carboxylic acids is 2. The quantitative estimate of drug-likeness (QED) is 0.406. The minimum absolute atomic E-state index is 0.0492. The minimum Gasteiger partial charge on any atom is -0.450 e. The normalized spacial score (nSPS) is 12.8. The third kappa shape index (κ3) is 4.97. The van der Waals surface area contributed by atoms with Crippen molar-refractivity contribution in [2.24, 2.45) is 0 Å². The smallest absolute Gasteiger partial charge is 0.410 e. The van der Waals surface area contributed by atoms with Crippen molar-refractivity contribution in [2.75, 3.05) is 18.5 Å². The summed E-state index contributed by atoms with van der Waals surface area (Å²) in [6, 6.07) is 14.4. The van der Waals surface area contributed by atoms with Crippen LogP contribution in [-0.2, 0) is 35.6 Å². The predicted octanol–water partition coefficient (Wildman–Crippen LogP) is 3.57. The molecule has 0 saturated carbocycles. The van der Waals surface area contributed by atoms with Crippen LogP contribution in [0.3, 0.4) is 0 Å². The van der Waals surface area contributed by atoms with Crippen LogP contribution >= 0.6 is 11.3 Å². The summed E-state index contributed by atoms with van der Waals surface area (Å²) in [5, 5.41) is 3.06. The number of aromatic nitrogens is 2. The second-order valence-electron chi connectivity index (χ2n) is 8.86. The summed E-state index contributed by atoms with van der Waals surface area (Å²) in [6.45, 7) is 2.32. The van der Waals surface area contributed by atoms with Crippen molar-refractivity contribution >= 4 is 39.2 Å². The van der Waals surface area contributed by atoms with Gasteiger partial charge in [0.05, 0.1) is 25.1 Å². The largest absolute Gasteiger partial charge is 0.450 e. The van der Waals surface area contributed by atoms with Crippen LogP contribution in [0.15, 0.2) is 64.2 Å². The highest BCUT2D eigenvalue weighted by Crippen LogP contribution is 2.33. The standard InChI is InChI=1S/C27H25FN4O5S/c1-2-37-27(36)30-13-12-20-21(15-30)38-25-23(20)24(34)31(14-17-6-4-3-5-7-17)26(35)32(25)16-22(33)29-19-10-8-18(28)9-11-19/h3-11H,2,12-16H2,1H3,(H,29,33). The van der Waals surface area contributed by atoms with Crippen LogP contribution in [0.25, 0.3) is 10.2 Å². The number of benzene rings is 2. The van der Waals surface area contributed by atoms with Crippen molar-refractivity contribution in [3.63, 3.8) is 0 Å². The minimum atomic E-state index is -0.610. The molecule has 1 aliphatic rings. The number of ether oxygens (including phenoxy) is 1. The SMILES string of the molecule is CCOC(=O)N1CCc2c(sc3c2c(=O)n(Cc2ccccc2)c(=O)n3CC(=O)Nc2ccc(F)cc2)C1. The van der Waals surface area contributed by atoms with E-state index < -0.39 is 29.1 Å². The number of fused-ring (bicyclic) bond motifs is 3. The van der Waals surface area contributed by atoms with Gasteiger partial charge in [0.2, 0.25) is 5.91 Å². The number of hydrogen-bond acceptors (Lipinski definition) is 6. The first-order valence-electron chi connectivity index (χ1n) is 12.1. The van der Waals surface area contributed by atoms with E-state index in [1.54, 1.807) is 11.8 Å². The molecule has 5 rings (SSSR count). The van der Waals surface area contributed by atoms with Crippen LogP contribution in [0.5, 0.6) is 0 Å². The Balaban J connectivity index is 1.59. The summed E-state index contributed by atoms with van der Waals surface area (Å²) in [6.07, 6.45) is -0.0116. The van der Waals surface area contributed by atoms with Gasteiger partial charge in [-0.05, 0) is 48.7 Å². The van der Waals surface area contributed by atoms with E-state index in [9.17, 15) is 23.6 Å². The average Bonchev–Trinajstić information content (AvgIpc) is 3.30. The Morgan fingerprint density at radius 2 is 1.79 bits per heavy atom. The molecule has 0 saturated heterocycles. The van der Waals surface area contributed by atoms with Gasteiger partial charge in [-0.25, -0.2) is 14.0 Å². The lowest BCUT2D eigenvalue weighted by molar-refractivity contribution is -0.116. The average molecular weight is 537 g/mol. The fourth-order valence-electron chi connectivity index (χ4n) is 4.55. The van der Waals surface area contributed by atoms with Crippen molar-refractivity contribution < 1.29 is 18.7 Å². The van der Waals surface area contributed by atoms with E-state index >= 15 is 0 Å². The number of nitrogens with zero attached hydrogens (tertiary/aromatic N) is 3. The summed E-state index contributed by atoms with van der Waals surface area (Å²) < 4.78 is 20.9. The van der Waals surface area contributed by atoms with Crippen molar-refractivity contribution in [3.05, 3.63) is 97.3 Å². The van der Waals surface area contributed by atoms with Crippen LogP contribution < -0.4 is 16.6 Å². The Morgan fingerprint density at radius 3 is 2.50 bits per heavy atom. The predicted molar refractivity (Wildman–Crippen MR) is 142 cm³/mol. The topological polar surface area (TPSA) is 103 Å². The van der Waals surface area contributed by atoms with Gasteiger partial charge in [-0.3, -0.25) is 18.7 Å². The monoisotopic (exact) mass is 536 g/mol. The van der Waals surface area contributed by atoms with Crippen molar-refractivity contribution in [2.45, 2.75) is 33.0 Å². The maximum Gasteiger partial charge on any atom is 0.410 e. The van der Waals surface area contributed by atoms with Gasteiger partial charge in [-0.15, -0.1) is 11.3 Å². The number of nitrogens with one attached hydrogen (secondary N) is 1. The Labute approximate surface area is 220 Å². The lowest BCUT2D eigenvalue weighted by Crippen LogP contribution is -2.42. The summed E-state index contributed by atoms with van der Waals surface area (Å²) in [5.74, 6) is -0.931. The molecule has 0 atom stereocenters. The number of hydrogen-bond donors (Lipinski definition) is 1. The summed E-state index contributed by atoms with van der Waals surface area (Å²) in [5.41, 5.74) is 0.900. The van der Waals surface area contributed by atoms with E-state index in [1.165, 1.54) is 40.2 Å². The van der Waals surface area contributed by atoms with Crippen LogP contribution in [0.4, 0.5) is 14.9 Å². The van der Waals surface area contributed by atoms with Crippen molar-refractivity contribution in [1.29, 1.82) is 0 Å². The molecule has 196 valence electrons. The van der Waals surface area contributed by atoms with Crippen LogP contribution in [0.2, 0.25) is 0 Å². The van der Waals surface area contributed by atoms with Gasteiger partial charge >= 0.3 is 11.8 Å². The zero-order valence-corrected chi connectivity index (χ0v) is 21.4. The highest BCUT2D eigenvalue weighted by Gasteiger charge is 2.29. The molecule has 9 nitrogen and oxygen atoms in total. The first-order chi connectivity index (χ1) is 18.4. The zero-order chi connectivity index (χ0) is 26.8. The summed E-state index contributed by atoms with van der Waals surface area (Å²) >= 11 is 1.23. The lowest BCUT2D eigenvalue weighted by Gasteiger charge is -2.25. The van der Waals surface area contributed by atoms with Crippen molar-refractivity contribution in [1.82, 2.24) is 14.0 Å². The van der Waals surface area contributed by atoms with E-state index in [2.05, 4.69) is 5.32 Å². The number of rotatable bonds is 6. The fourth-order valence-corrected chi connectivity index (χ4v) is 5.89. The maximum absolute atomic E-state index is 13.7. The molecule has 11 heteroatoms. The van der Waals surface area contributed by atoms with Gasteiger partial charge in [0, 0.05) is 17.1 Å². The molecule has 0 aliphatic carbocycles. The Bertz CT molecular complexity index is 1630. The Morgan fingerprint density at radius 1 is 1.05 bits per heavy atom.